The molecule has 2 aromatic carbocycles. The second-order valence-corrected chi connectivity index (χ2v) is 7.94. The molecule has 2 N–H and O–H groups in total. The minimum Gasteiger partial charge on any atom is -0.508 e. The zero-order valence-electron chi connectivity index (χ0n) is 18.1. The second-order valence-electron chi connectivity index (χ2n) is 7.94. The van der Waals surface area contributed by atoms with Gasteiger partial charge in [-0.3, -0.25) is 19.3 Å². The highest BCUT2D eigenvalue weighted by Gasteiger charge is 2.34. The van der Waals surface area contributed by atoms with E-state index in [0.717, 1.165) is 17.7 Å². The van der Waals surface area contributed by atoms with Crippen molar-refractivity contribution in [2.75, 3.05) is 13.1 Å². The Balaban J connectivity index is 1.16. The standard InChI is InChI=1S/C24H25N5O4/c30-19-10-8-17(9-11-19)12-13-25-22(31)16-28-15-18(26-27-28)5-3-4-14-29-23(32)20-6-1-2-7-21(20)24(29)33/h1-2,6-11,15,30H,3-5,12-14,16H2,(H,25,31). The lowest BCUT2D eigenvalue weighted by Crippen LogP contribution is -2.30. The van der Waals surface area contributed by atoms with Crippen molar-refractivity contribution < 1.29 is 19.5 Å². The molecular weight excluding hydrogens is 422 g/mol. The van der Waals surface area contributed by atoms with Crippen molar-refractivity contribution in [2.45, 2.75) is 32.2 Å². The van der Waals surface area contributed by atoms with Crippen molar-refractivity contribution in [1.82, 2.24) is 25.2 Å². The summed E-state index contributed by atoms with van der Waals surface area (Å²) < 4.78 is 1.50. The maximum absolute atomic E-state index is 12.4. The molecule has 2 heterocycles. The summed E-state index contributed by atoms with van der Waals surface area (Å²) in [6, 6.07) is 13.7. The van der Waals surface area contributed by atoms with Gasteiger partial charge >= 0.3 is 0 Å². The fourth-order valence-electron chi connectivity index (χ4n) is 3.76. The molecule has 0 fully saturated rings. The summed E-state index contributed by atoms with van der Waals surface area (Å²) in [5, 5.41) is 20.2. The molecule has 0 bridgehead atoms. The monoisotopic (exact) mass is 447 g/mol. The maximum Gasteiger partial charge on any atom is 0.261 e. The smallest absolute Gasteiger partial charge is 0.261 e. The van der Waals surface area contributed by atoms with Crippen molar-refractivity contribution in [1.29, 1.82) is 0 Å². The number of imide groups is 1. The van der Waals surface area contributed by atoms with Gasteiger partial charge < -0.3 is 10.4 Å². The molecule has 4 rings (SSSR count). The molecule has 3 amide bonds. The van der Waals surface area contributed by atoms with Crippen LogP contribution >= 0.6 is 0 Å². The first-order valence-corrected chi connectivity index (χ1v) is 10.9. The topological polar surface area (TPSA) is 117 Å². The molecule has 9 heteroatoms. The largest absolute Gasteiger partial charge is 0.508 e. The normalized spacial score (nSPS) is 12.8. The first-order valence-electron chi connectivity index (χ1n) is 10.9. The van der Waals surface area contributed by atoms with Gasteiger partial charge in [0.15, 0.2) is 0 Å². The number of nitrogens with zero attached hydrogens (tertiary/aromatic N) is 4. The third-order valence-electron chi connectivity index (χ3n) is 5.51. The van der Waals surface area contributed by atoms with Gasteiger partial charge in [-0.1, -0.05) is 29.5 Å². The number of nitrogens with one attached hydrogen (secondary N) is 1. The predicted octanol–water partition coefficient (Wildman–Crippen LogP) is 1.96. The lowest BCUT2D eigenvalue weighted by atomic mass is 10.1. The summed E-state index contributed by atoms with van der Waals surface area (Å²) in [5.74, 6) is -0.417. The Morgan fingerprint density at radius 3 is 2.33 bits per heavy atom. The summed E-state index contributed by atoms with van der Waals surface area (Å²) in [6.07, 6.45) is 4.45. The van der Waals surface area contributed by atoms with Gasteiger partial charge in [0.2, 0.25) is 5.91 Å². The quantitative estimate of drug-likeness (QED) is 0.362. The molecule has 0 unspecified atom stereocenters. The van der Waals surface area contributed by atoms with Crippen LogP contribution in [-0.4, -0.2) is 55.8 Å². The fourth-order valence-corrected chi connectivity index (χ4v) is 3.76. The number of hydrogen-bond acceptors (Lipinski definition) is 6. The zero-order chi connectivity index (χ0) is 23.2. The molecule has 0 radical (unpaired) electrons. The number of unbranched alkanes of at least 4 members (excludes halogenated alkanes) is 1. The van der Waals surface area contributed by atoms with Crippen molar-refractivity contribution in [3.05, 3.63) is 77.1 Å². The van der Waals surface area contributed by atoms with E-state index >= 15 is 0 Å². The van der Waals surface area contributed by atoms with Crippen LogP contribution in [0.15, 0.2) is 54.7 Å². The van der Waals surface area contributed by atoms with E-state index in [1.165, 1.54) is 9.58 Å². The average molecular weight is 447 g/mol. The molecule has 33 heavy (non-hydrogen) atoms. The number of fused-ring (bicyclic) bond motifs is 1. The van der Waals surface area contributed by atoms with Crippen molar-refractivity contribution in [3.8, 4) is 5.75 Å². The Labute approximate surface area is 191 Å². The average Bonchev–Trinajstić information content (AvgIpc) is 3.35. The van der Waals surface area contributed by atoms with Crippen LogP contribution < -0.4 is 5.32 Å². The van der Waals surface area contributed by atoms with Gasteiger partial charge in [-0.25, -0.2) is 4.68 Å². The Hall–Kier alpha value is -4.01. The minimum absolute atomic E-state index is 0.0810. The van der Waals surface area contributed by atoms with Gasteiger partial charge in [0.05, 0.1) is 16.8 Å². The van der Waals surface area contributed by atoms with Crippen LogP contribution in [0.4, 0.5) is 0 Å². The minimum atomic E-state index is -0.238. The number of rotatable bonds is 10. The van der Waals surface area contributed by atoms with Gasteiger partial charge in [-0.2, -0.15) is 0 Å². The molecule has 3 aromatic rings. The molecule has 0 atom stereocenters. The van der Waals surface area contributed by atoms with Crippen molar-refractivity contribution in [2.24, 2.45) is 0 Å². The third kappa shape index (κ3) is 5.43. The van der Waals surface area contributed by atoms with Crippen LogP contribution in [0.1, 0.15) is 44.8 Å². The summed E-state index contributed by atoms with van der Waals surface area (Å²) in [6.45, 7) is 0.935. The number of carbonyl (C=O) groups is 3. The lowest BCUT2D eigenvalue weighted by molar-refractivity contribution is -0.121. The maximum atomic E-state index is 12.4. The number of aromatic nitrogens is 3. The molecule has 0 saturated heterocycles. The molecular formula is C24H25N5O4. The molecule has 1 aliphatic heterocycles. The molecule has 0 saturated carbocycles. The molecule has 0 spiro atoms. The molecule has 9 nitrogen and oxygen atoms in total. The highest BCUT2D eigenvalue weighted by atomic mass is 16.3. The Kier molecular flexibility index (Phi) is 6.77. The first-order chi connectivity index (χ1) is 16.0. The predicted molar refractivity (Wildman–Crippen MR) is 120 cm³/mol. The number of phenolic OH excluding ortho intramolecular Hbond substituents is 1. The van der Waals surface area contributed by atoms with Crippen molar-refractivity contribution in [3.63, 3.8) is 0 Å². The van der Waals surface area contributed by atoms with Gasteiger partial charge in [0.25, 0.3) is 11.8 Å². The SMILES string of the molecule is O=C(Cn1cc(CCCCN2C(=O)c3ccccc3C2=O)nn1)NCCc1ccc(O)cc1. The highest BCUT2D eigenvalue weighted by Crippen LogP contribution is 2.22. The summed E-state index contributed by atoms with van der Waals surface area (Å²) >= 11 is 0. The van der Waals surface area contributed by atoms with Gasteiger partial charge in [0, 0.05) is 19.3 Å². The number of amides is 3. The molecule has 1 aliphatic rings. The van der Waals surface area contributed by atoms with Gasteiger partial charge in [-0.15, -0.1) is 5.10 Å². The Bertz CT molecular complexity index is 1120. The zero-order valence-corrected chi connectivity index (χ0v) is 18.1. The molecule has 1 aromatic heterocycles. The number of aryl methyl sites for hydroxylation is 1. The number of aromatic hydroxyl groups is 1. The van der Waals surface area contributed by atoms with E-state index in [4.69, 9.17) is 0 Å². The van der Waals surface area contributed by atoms with Crippen molar-refractivity contribution >= 4 is 17.7 Å². The van der Waals surface area contributed by atoms with E-state index in [-0.39, 0.29) is 30.0 Å². The number of benzene rings is 2. The Morgan fingerprint density at radius 1 is 0.939 bits per heavy atom. The summed E-state index contributed by atoms with van der Waals surface area (Å²) in [7, 11) is 0. The summed E-state index contributed by atoms with van der Waals surface area (Å²) in [5.41, 5.74) is 2.71. The van der Waals surface area contributed by atoms with E-state index in [9.17, 15) is 19.5 Å². The first kappa shape index (κ1) is 22.2. The second kappa shape index (κ2) is 10.1. The van der Waals surface area contributed by atoms with Crippen LogP contribution in [0.2, 0.25) is 0 Å². The Morgan fingerprint density at radius 2 is 1.64 bits per heavy atom. The third-order valence-corrected chi connectivity index (χ3v) is 5.51. The molecule has 0 aliphatic carbocycles. The van der Waals surface area contributed by atoms with E-state index < -0.39 is 0 Å². The number of hydrogen-bond donors (Lipinski definition) is 2. The number of carbonyl (C=O) groups excluding carboxylic acids is 3. The molecule has 170 valence electrons. The van der Waals surface area contributed by atoms with E-state index in [1.807, 2.05) is 12.1 Å². The van der Waals surface area contributed by atoms with Gasteiger partial charge in [0.1, 0.15) is 12.3 Å². The number of phenols is 1. The van der Waals surface area contributed by atoms with E-state index in [1.54, 1.807) is 42.6 Å². The van der Waals surface area contributed by atoms with Crippen LogP contribution in [0.25, 0.3) is 0 Å². The lowest BCUT2D eigenvalue weighted by Gasteiger charge is -2.13. The highest BCUT2D eigenvalue weighted by molar-refractivity contribution is 6.21. The fraction of sp³-hybridized carbons (Fsp3) is 0.292. The van der Waals surface area contributed by atoms with E-state index in [0.29, 0.717) is 43.5 Å². The van der Waals surface area contributed by atoms with E-state index in [2.05, 4.69) is 15.6 Å². The summed E-state index contributed by atoms with van der Waals surface area (Å²) in [4.78, 5) is 38.2. The van der Waals surface area contributed by atoms with Crippen LogP contribution in [0.5, 0.6) is 5.75 Å². The van der Waals surface area contributed by atoms with Crippen LogP contribution in [0, 0.1) is 0 Å². The van der Waals surface area contributed by atoms with Gasteiger partial charge in [-0.05, 0) is 55.5 Å². The van der Waals surface area contributed by atoms with Crippen LogP contribution in [-0.2, 0) is 24.2 Å². The van der Waals surface area contributed by atoms with Crippen LogP contribution in [0.3, 0.4) is 0 Å².